The van der Waals surface area contributed by atoms with Gasteiger partial charge in [-0.2, -0.15) is 5.26 Å². The Hall–Kier alpha value is -1.40. The quantitative estimate of drug-likeness (QED) is 0.915. The van der Waals surface area contributed by atoms with Crippen molar-refractivity contribution in [3.05, 3.63) is 30.1 Å². The second kappa shape index (κ2) is 4.56. The fourth-order valence-electron chi connectivity index (χ4n) is 5.33. The van der Waals surface area contributed by atoms with Crippen molar-refractivity contribution in [1.82, 2.24) is 10.3 Å². The van der Waals surface area contributed by atoms with Crippen LogP contribution in [0.1, 0.15) is 50.1 Å². The Morgan fingerprint density at radius 1 is 1.20 bits per heavy atom. The van der Waals surface area contributed by atoms with Crippen LogP contribution in [0, 0.1) is 29.1 Å². The van der Waals surface area contributed by atoms with Gasteiger partial charge in [0.2, 0.25) is 0 Å². The van der Waals surface area contributed by atoms with Crippen LogP contribution in [0.5, 0.6) is 0 Å². The van der Waals surface area contributed by atoms with Crippen molar-refractivity contribution in [2.45, 2.75) is 50.1 Å². The van der Waals surface area contributed by atoms with E-state index >= 15 is 0 Å². The molecule has 0 saturated heterocycles. The second-order valence-electron chi connectivity index (χ2n) is 7.19. The lowest BCUT2D eigenvalue weighted by atomic mass is 9.53. The minimum absolute atomic E-state index is 0.208. The Morgan fingerprint density at radius 3 is 2.35 bits per heavy atom. The number of hydrogen-bond acceptors (Lipinski definition) is 3. The van der Waals surface area contributed by atoms with Crippen LogP contribution in [-0.2, 0) is 0 Å². The molecule has 3 heteroatoms. The number of aromatic nitrogens is 1. The monoisotopic (exact) mass is 267 g/mol. The molecule has 0 radical (unpaired) electrons. The molecule has 4 aliphatic rings. The standard InChI is InChI=1S/C17H21N3/c18-10-16(15-2-1-3-19-11-15)20-17-7-12-4-13(8-17)6-14(5-12)9-17/h1-3,11-14,16,20H,4-9H2. The van der Waals surface area contributed by atoms with Crippen molar-refractivity contribution >= 4 is 0 Å². The summed E-state index contributed by atoms with van der Waals surface area (Å²) in [5, 5.41) is 13.3. The van der Waals surface area contributed by atoms with Crippen molar-refractivity contribution < 1.29 is 0 Å². The molecule has 4 fully saturated rings. The summed E-state index contributed by atoms with van der Waals surface area (Å²) < 4.78 is 0. The second-order valence-corrected chi connectivity index (χ2v) is 7.19. The number of hydrogen-bond donors (Lipinski definition) is 1. The summed E-state index contributed by atoms with van der Waals surface area (Å²) in [4.78, 5) is 4.16. The van der Waals surface area contributed by atoms with E-state index in [4.69, 9.17) is 0 Å². The van der Waals surface area contributed by atoms with E-state index in [1.54, 1.807) is 6.20 Å². The molecule has 0 aromatic carbocycles. The summed E-state index contributed by atoms with van der Waals surface area (Å²) >= 11 is 0. The fraction of sp³-hybridized carbons (Fsp3) is 0.647. The van der Waals surface area contributed by atoms with Crippen LogP contribution in [0.2, 0.25) is 0 Å². The van der Waals surface area contributed by atoms with Crippen LogP contribution in [0.15, 0.2) is 24.5 Å². The largest absolute Gasteiger partial charge is 0.293 e. The van der Waals surface area contributed by atoms with Gasteiger partial charge in [0.1, 0.15) is 6.04 Å². The van der Waals surface area contributed by atoms with Crippen molar-refractivity contribution in [3.63, 3.8) is 0 Å². The van der Waals surface area contributed by atoms with E-state index in [0.717, 1.165) is 23.3 Å². The van der Waals surface area contributed by atoms with Gasteiger partial charge in [0.25, 0.3) is 0 Å². The van der Waals surface area contributed by atoms with E-state index in [1.807, 2.05) is 18.3 Å². The van der Waals surface area contributed by atoms with Gasteiger partial charge in [-0.3, -0.25) is 10.3 Å². The zero-order valence-corrected chi connectivity index (χ0v) is 11.8. The molecule has 1 atom stereocenters. The molecule has 0 amide bonds. The number of nitrogens with one attached hydrogen (secondary N) is 1. The van der Waals surface area contributed by atoms with E-state index in [2.05, 4.69) is 16.4 Å². The molecule has 4 aliphatic carbocycles. The third kappa shape index (κ3) is 2.03. The molecule has 1 heterocycles. The molecule has 1 N–H and O–H groups in total. The van der Waals surface area contributed by atoms with Gasteiger partial charge in [-0.15, -0.1) is 0 Å². The molecular formula is C17H21N3. The van der Waals surface area contributed by atoms with E-state index in [-0.39, 0.29) is 11.6 Å². The van der Waals surface area contributed by atoms with Crippen LogP contribution < -0.4 is 5.32 Å². The van der Waals surface area contributed by atoms with Crippen molar-refractivity contribution in [2.75, 3.05) is 0 Å². The highest BCUT2D eigenvalue weighted by Crippen LogP contribution is 2.56. The van der Waals surface area contributed by atoms with Crippen LogP contribution in [-0.4, -0.2) is 10.5 Å². The Labute approximate surface area is 120 Å². The Balaban J connectivity index is 1.57. The Morgan fingerprint density at radius 2 is 1.85 bits per heavy atom. The SMILES string of the molecule is N#CC(NC12CC3CC(CC(C3)C1)C2)c1cccnc1. The van der Waals surface area contributed by atoms with Gasteiger partial charge in [0.05, 0.1) is 6.07 Å². The van der Waals surface area contributed by atoms with Gasteiger partial charge < -0.3 is 0 Å². The first kappa shape index (κ1) is 12.3. The summed E-state index contributed by atoms with van der Waals surface area (Å²) in [6.45, 7) is 0. The van der Waals surface area contributed by atoms with Gasteiger partial charge >= 0.3 is 0 Å². The van der Waals surface area contributed by atoms with Crippen LogP contribution in [0.4, 0.5) is 0 Å². The van der Waals surface area contributed by atoms with E-state index in [0.29, 0.717) is 0 Å². The van der Waals surface area contributed by atoms with Crippen molar-refractivity contribution in [3.8, 4) is 6.07 Å². The highest BCUT2D eigenvalue weighted by Gasteiger charge is 2.51. The molecule has 3 nitrogen and oxygen atoms in total. The third-order valence-corrected chi connectivity index (χ3v) is 5.64. The average Bonchev–Trinajstić information content (AvgIpc) is 2.44. The van der Waals surface area contributed by atoms with Crippen LogP contribution in [0.3, 0.4) is 0 Å². The molecule has 104 valence electrons. The molecular weight excluding hydrogens is 246 g/mol. The lowest BCUT2D eigenvalue weighted by Gasteiger charge is -2.57. The minimum Gasteiger partial charge on any atom is -0.293 e. The fourth-order valence-corrected chi connectivity index (χ4v) is 5.33. The Kier molecular flexibility index (Phi) is 2.82. The summed E-state index contributed by atoms with van der Waals surface area (Å²) in [5.41, 5.74) is 1.23. The number of pyridine rings is 1. The van der Waals surface area contributed by atoms with Gasteiger partial charge in [0.15, 0.2) is 0 Å². The van der Waals surface area contributed by atoms with E-state index in [1.165, 1.54) is 38.5 Å². The number of nitriles is 1. The van der Waals surface area contributed by atoms with Gasteiger partial charge in [-0.05, 0) is 62.3 Å². The molecule has 5 rings (SSSR count). The van der Waals surface area contributed by atoms with Crippen molar-refractivity contribution in [1.29, 1.82) is 5.26 Å². The highest BCUT2D eigenvalue weighted by atomic mass is 15.0. The summed E-state index contributed by atoms with van der Waals surface area (Å²) in [5.74, 6) is 2.71. The lowest BCUT2D eigenvalue weighted by molar-refractivity contribution is -0.0227. The molecule has 0 aliphatic heterocycles. The van der Waals surface area contributed by atoms with E-state index < -0.39 is 0 Å². The molecule has 4 saturated carbocycles. The molecule has 1 unspecified atom stereocenters. The first-order valence-electron chi connectivity index (χ1n) is 7.83. The first-order chi connectivity index (χ1) is 9.76. The zero-order valence-electron chi connectivity index (χ0n) is 11.8. The third-order valence-electron chi connectivity index (χ3n) is 5.64. The maximum atomic E-state index is 9.54. The van der Waals surface area contributed by atoms with Gasteiger partial charge in [0, 0.05) is 23.5 Å². The van der Waals surface area contributed by atoms with Crippen LogP contribution >= 0.6 is 0 Å². The molecule has 20 heavy (non-hydrogen) atoms. The maximum absolute atomic E-state index is 9.54. The minimum atomic E-state index is -0.208. The van der Waals surface area contributed by atoms with Crippen LogP contribution in [0.25, 0.3) is 0 Å². The maximum Gasteiger partial charge on any atom is 0.123 e. The average molecular weight is 267 g/mol. The first-order valence-corrected chi connectivity index (χ1v) is 7.83. The lowest BCUT2D eigenvalue weighted by Crippen LogP contribution is -2.58. The molecule has 1 aromatic heterocycles. The molecule has 4 bridgehead atoms. The summed E-state index contributed by atoms with van der Waals surface area (Å²) in [7, 11) is 0. The summed E-state index contributed by atoms with van der Waals surface area (Å²) in [6, 6.07) is 6.16. The number of nitrogens with zero attached hydrogens (tertiary/aromatic N) is 2. The molecule has 0 spiro atoms. The van der Waals surface area contributed by atoms with Gasteiger partial charge in [-0.25, -0.2) is 0 Å². The van der Waals surface area contributed by atoms with E-state index in [9.17, 15) is 5.26 Å². The van der Waals surface area contributed by atoms with Gasteiger partial charge in [-0.1, -0.05) is 6.07 Å². The normalized spacial score (nSPS) is 39.5. The van der Waals surface area contributed by atoms with Crippen molar-refractivity contribution in [2.24, 2.45) is 17.8 Å². The Bertz CT molecular complexity index is 496. The molecule has 1 aromatic rings. The number of rotatable bonds is 3. The smallest absolute Gasteiger partial charge is 0.123 e. The topological polar surface area (TPSA) is 48.7 Å². The predicted molar refractivity (Wildman–Crippen MR) is 76.6 cm³/mol. The predicted octanol–water partition coefficient (Wildman–Crippen LogP) is 3.20. The zero-order chi connectivity index (χ0) is 13.6. The summed E-state index contributed by atoms with van der Waals surface area (Å²) in [6.07, 6.45) is 11.7. The highest BCUT2D eigenvalue weighted by molar-refractivity contribution is 5.22.